The molecule has 1 atom stereocenters. The molecule has 4 heteroatoms. The highest BCUT2D eigenvalue weighted by atomic mass is 16.5. The van der Waals surface area contributed by atoms with E-state index in [1.54, 1.807) is 12.4 Å². The standard InChI is InChI=1S/C17H19NO3/c1-2-8-21-15-9-13(11-18-12-15)10-16(17(19)20)14-6-4-3-5-7-14/h3-7,9,11-12,16H,2,8,10H2,1H3,(H,19,20). The van der Waals surface area contributed by atoms with Crippen LogP contribution >= 0.6 is 0 Å². The lowest BCUT2D eigenvalue weighted by Gasteiger charge is -2.13. The van der Waals surface area contributed by atoms with Gasteiger partial charge in [-0.25, -0.2) is 0 Å². The second kappa shape index (κ2) is 7.43. The van der Waals surface area contributed by atoms with Crippen molar-refractivity contribution < 1.29 is 14.6 Å². The first-order valence-electron chi connectivity index (χ1n) is 7.05. The van der Waals surface area contributed by atoms with Crippen molar-refractivity contribution in [2.45, 2.75) is 25.7 Å². The van der Waals surface area contributed by atoms with Gasteiger partial charge in [0.2, 0.25) is 0 Å². The number of ether oxygens (including phenoxy) is 1. The summed E-state index contributed by atoms with van der Waals surface area (Å²) in [6, 6.07) is 11.1. The Morgan fingerprint density at radius 1 is 1.29 bits per heavy atom. The highest BCUT2D eigenvalue weighted by Crippen LogP contribution is 2.22. The molecule has 0 radical (unpaired) electrons. The summed E-state index contributed by atoms with van der Waals surface area (Å²) >= 11 is 0. The molecule has 0 saturated carbocycles. The number of carboxylic acids is 1. The van der Waals surface area contributed by atoms with Crippen LogP contribution in [0.4, 0.5) is 0 Å². The zero-order chi connectivity index (χ0) is 15.1. The summed E-state index contributed by atoms with van der Waals surface area (Å²) in [4.78, 5) is 15.6. The second-order valence-electron chi connectivity index (χ2n) is 4.88. The van der Waals surface area contributed by atoms with E-state index in [-0.39, 0.29) is 0 Å². The van der Waals surface area contributed by atoms with Gasteiger partial charge < -0.3 is 9.84 Å². The Morgan fingerprint density at radius 3 is 2.71 bits per heavy atom. The number of aromatic nitrogens is 1. The van der Waals surface area contributed by atoms with E-state index in [0.717, 1.165) is 17.5 Å². The van der Waals surface area contributed by atoms with Crippen LogP contribution in [0.1, 0.15) is 30.4 Å². The van der Waals surface area contributed by atoms with Gasteiger partial charge in [-0.2, -0.15) is 0 Å². The summed E-state index contributed by atoms with van der Waals surface area (Å²) in [7, 11) is 0. The Kier molecular flexibility index (Phi) is 5.32. The molecular formula is C17H19NO3. The minimum atomic E-state index is -0.832. The van der Waals surface area contributed by atoms with Gasteiger partial charge in [-0.1, -0.05) is 37.3 Å². The number of carboxylic acid groups (broad SMARTS) is 1. The number of nitrogens with zero attached hydrogens (tertiary/aromatic N) is 1. The van der Waals surface area contributed by atoms with Crippen LogP contribution < -0.4 is 4.74 Å². The van der Waals surface area contributed by atoms with Gasteiger partial charge in [-0.3, -0.25) is 9.78 Å². The van der Waals surface area contributed by atoms with E-state index in [1.807, 2.05) is 43.3 Å². The number of hydrogen-bond acceptors (Lipinski definition) is 3. The molecule has 0 aliphatic carbocycles. The molecule has 2 aromatic rings. The van der Waals surface area contributed by atoms with Crippen molar-refractivity contribution in [2.75, 3.05) is 6.61 Å². The Labute approximate surface area is 124 Å². The van der Waals surface area contributed by atoms with Gasteiger partial charge in [-0.15, -0.1) is 0 Å². The number of pyridine rings is 1. The first-order chi connectivity index (χ1) is 10.2. The van der Waals surface area contributed by atoms with Crippen molar-refractivity contribution >= 4 is 5.97 Å². The third-order valence-corrected chi connectivity index (χ3v) is 3.18. The number of carbonyl (C=O) groups is 1. The summed E-state index contributed by atoms with van der Waals surface area (Å²) in [6.07, 6.45) is 4.66. The average Bonchev–Trinajstić information content (AvgIpc) is 2.51. The third kappa shape index (κ3) is 4.31. The van der Waals surface area contributed by atoms with Crippen LogP contribution in [0.15, 0.2) is 48.8 Å². The molecule has 1 N–H and O–H groups in total. The molecule has 0 aliphatic rings. The van der Waals surface area contributed by atoms with Crippen LogP contribution in [-0.4, -0.2) is 22.7 Å². The summed E-state index contributed by atoms with van der Waals surface area (Å²) in [5.41, 5.74) is 1.66. The maximum absolute atomic E-state index is 11.5. The minimum Gasteiger partial charge on any atom is -0.492 e. The van der Waals surface area contributed by atoms with Crippen LogP contribution in [0.25, 0.3) is 0 Å². The predicted molar refractivity (Wildman–Crippen MR) is 80.5 cm³/mol. The fourth-order valence-electron chi connectivity index (χ4n) is 2.14. The largest absolute Gasteiger partial charge is 0.492 e. The fraction of sp³-hybridized carbons (Fsp3) is 0.294. The van der Waals surface area contributed by atoms with Crippen molar-refractivity contribution in [3.05, 3.63) is 59.9 Å². The number of benzene rings is 1. The molecule has 2 rings (SSSR count). The quantitative estimate of drug-likeness (QED) is 0.848. The summed E-state index contributed by atoms with van der Waals surface area (Å²) in [5, 5.41) is 9.45. The van der Waals surface area contributed by atoms with E-state index in [9.17, 15) is 9.90 Å². The molecular weight excluding hydrogens is 266 g/mol. The van der Waals surface area contributed by atoms with Crippen LogP contribution in [0.2, 0.25) is 0 Å². The van der Waals surface area contributed by atoms with Gasteiger partial charge in [0.05, 0.1) is 18.7 Å². The van der Waals surface area contributed by atoms with Crippen molar-refractivity contribution in [1.29, 1.82) is 0 Å². The van der Waals surface area contributed by atoms with E-state index in [4.69, 9.17) is 4.74 Å². The first kappa shape index (κ1) is 15.0. The molecule has 21 heavy (non-hydrogen) atoms. The van der Waals surface area contributed by atoms with Crippen LogP contribution in [-0.2, 0) is 11.2 Å². The van der Waals surface area contributed by atoms with E-state index in [0.29, 0.717) is 18.8 Å². The fourth-order valence-corrected chi connectivity index (χ4v) is 2.14. The SMILES string of the molecule is CCCOc1cncc(CC(C(=O)O)c2ccccc2)c1. The van der Waals surface area contributed by atoms with Crippen molar-refractivity contribution in [3.8, 4) is 5.75 Å². The maximum Gasteiger partial charge on any atom is 0.311 e. The lowest BCUT2D eigenvalue weighted by molar-refractivity contribution is -0.138. The predicted octanol–water partition coefficient (Wildman–Crippen LogP) is 3.28. The van der Waals surface area contributed by atoms with Crippen molar-refractivity contribution in [1.82, 2.24) is 4.98 Å². The molecule has 4 nitrogen and oxygen atoms in total. The molecule has 0 amide bonds. The topological polar surface area (TPSA) is 59.4 Å². The zero-order valence-corrected chi connectivity index (χ0v) is 12.0. The van der Waals surface area contributed by atoms with Gasteiger partial charge >= 0.3 is 5.97 Å². The first-order valence-corrected chi connectivity index (χ1v) is 7.05. The molecule has 0 saturated heterocycles. The third-order valence-electron chi connectivity index (χ3n) is 3.18. The minimum absolute atomic E-state index is 0.398. The average molecular weight is 285 g/mol. The molecule has 0 aliphatic heterocycles. The monoisotopic (exact) mass is 285 g/mol. The van der Waals surface area contributed by atoms with Crippen molar-refractivity contribution in [2.24, 2.45) is 0 Å². The smallest absolute Gasteiger partial charge is 0.311 e. The molecule has 110 valence electrons. The van der Waals surface area contributed by atoms with Gasteiger partial charge in [0, 0.05) is 6.20 Å². The van der Waals surface area contributed by atoms with E-state index >= 15 is 0 Å². The lowest BCUT2D eigenvalue weighted by atomic mass is 9.93. The molecule has 0 bridgehead atoms. The lowest BCUT2D eigenvalue weighted by Crippen LogP contribution is -2.14. The van der Waals surface area contributed by atoms with Gasteiger partial charge in [0.25, 0.3) is 0 Å². The number of rotatable bonds is 7. The Hall–Kier alpha value is -2.36. The normalized spacial score (nSPS) is 11.9. The van der Waals surface area contributed by atoms with E-state index in [2.05, 4.69) is 4.98 Å². The van der Waals surface area contributed by atoms with E-state index in [1.165, 1.54) is 0 Å². The van der Waals surface area contributed by atoms with Crippen LogP contribution in [0, 0.1) is 0 Å². The molecule has 0 fully saturated rings. The van der Waals surface area contributed by atoms with Crippen LogP contribution in [0.5, 0.6) is 5.75 Å². The zero-order valence-electron chi connectivity index (χ0n) is 12.0. The molecule has 1 aromatic heterocycles. The number of aliphatic carboxylic acids is 1. The summed E-state index contributed by atoms with van der Waals surface area (Å²) < 4.78 is 5.53. The van der Waals surface area contributed by atoms with Gasteiger partial charge in [0.1, 0.15) is 5.75 Å². The van der Waals surface area contributed by atoms with Crippen LogP contribution in [0.3, 0.4) is 0 Å². The Balaban J connectivity index is 2.16. The van der Waals surface area contributed by atoms with Crippen molar-refractivity contribution in [3.63, 3.8) is 0 Å². The maximum atomic E-state index is 11.5. The Morgan fingerprint density at radius 2 is 2.05 bits per heavy atom. The Bertz CT molecular complexity index is 584. The van der Waals surface area contributed by atoms with Gasteiger partial charge in [-0.05, 0) is 30.0 Å². The van der Waals surface area contributed by atoms with Gasteiger partial charge in [0.15, 0.2) is 0 Å². The second-order valence-corrected chi connectivity index (χ2v) is 4.88. The molecule has 1 unspecified atom stereocenters. The summed E-state index contributed by atoms with van der Waals surface area (Å²) in [6.45, 7) is 2.67. The highest BCUT2D eigenvalue weighted by molar-refractivity contribution is 5.76. The molecule has 0 spiro atoms. The van der Waals surface area contributed by atoms with E-state index < -0.39 is 11.9 Å². The number of hydrogen-bond donors (Lipinski definition) is 1. The molecule has 1 heterocycles. The molecule has 1 aromatic carbocycles. The highest BCUT2D eigenvalue weighted by Gasteiger charge is 2.20. The summed E-state index contributed by atoms with van der Waals surface area (Å²) in [5.74, 6) is -0.720.